The molecule has 0 unspecified atom stereocenters. The van der Waals surface area contributed by atoms with Crippen molar-refractivity contribution in [2.75, 3.05) is 17.7 Å². The van der Waals surface area contributed by atoms with Crippen LogP contribution in [0.5, 0.6) is 5.75 Å². The van der Waals surface area contributed by atoms with Crippen molar-refractivity contribution >= 4 is 23.1 Å². The second kappa shape index (κ2) is 7.65. The van der Waals surface area contributed by atoms with E-state index in [1.807, 2.05) is 25.1 Å². The van der Waals surface area contributed by atoms with E-state index in [1.165, 1.54) is 24.4 Å². The average molecular weight is 351 g/mol. The van der Waals surface area contributed by atoms with E-state index >= 15 is 0 Å². The second-order valence-electron chi connectivity index (χ2n) is 5.69. The van der Waals surface area contributed by atoms with Crippen LogP contribution < -0.4 is 15.4 Å². The summed E-state index contributed by atoms with van der Waals surface area (Å²) in [6.07, 6.45) is 1.50. The molecule has 0 radical (unpaired) electrons. The minimum atomic E-state index is -0.567. The fourth-order valence-electron chi connectivity index (χ4n) is 2.44. The highest BCUT2D eigenvalue weighted by Gasteiger charge is 2.11. The van der Waals surface area contributed by atoms with E-state index in [1.54, 1.807) is 25.3 Å². The number of methoxy groups -OCH3 is 1. The Morgan fingerprint density at radius 2 is 1.92 bits per heavy atom. The predicted molar refractivity (Wildman–Crippen MR) is 99.6 cm³/mol. The number of ether oxygens (including phenoxy) is 1. The molecule has 0 spiro atoms. The number of nitrogens with zero attached hydrogens (tertiary/aromatic N) is 1. The van der Waals surface area contributed by atoms with Gasteiger partial charge in [-0.1, -0.05) is 18.2 Å². The Hall–Kier alpha value is -3.41. The van der Waals surface area contributed by atoms with Gasteiger partial charge in [-0.25, -0.2) is 9.37 Å². The van der Waals surface area contributed by atoms with E-state index in [0.29, 0.717) is 17.3 Å². The smallest absolute Gasteiger partial charge is 0.258 e. The molecule has 1 heterocycles. The number of carbonyl (C=O) groups excluding carboxylic acids is 1. The SMILES string of the molecule is COc1ccc(C)cc1Nc1ccc(NC(=O)c2ccccc2F)cn1. The molecule has 0 aliphatic rings. The van der Waals surface area contributed by atoms with E-state index in [2.05, 4.69) is 15.6 Å². The fourth-order valence-corrected chi connectivity index (χ4v) is 2.44. The molecular formula is C20H18FN3O2. The van der Waals surface area contributed by atoms with Gasteiger partial charge in [0.1, 0.15) is 17.4 Å². The quantitative estimate of drug-likeness (QED) is 0.709. The largest absolute Gasteiger partial charge is 0.495 e. The number of aromatic nitrogens is 1. The molecule has 2 aromatic carbocycles. The maximum atomic E-state index is 13.7. The van der Waals surface area contributed by atoms with Crippen molar-refractivity contribution in [3.05, 3.63) is 77.7 Å². The number of pyridine rings is 1. The highest BCUT2D eigenvalue weighted by molar-refractivity contribution is 6.04. The molecule has 0 saturated carbocycles. The zero-order valence-electron chi connectivity index (χ0n) is 14.4. The van der Waals surface area contributed by atoms with Crippen LogP contribution in [0.4, 0.5) is 21.6 Å². The standard InChI is InChI=1S/C20H18FN3O2/c1-13-7-9-18(26-2)17(11-13)24-19-10-8-14(12-22-19)23-20(25)15-5-3-4-6-16(15)21/h3-12H,1-2H3,(H,22,24)(H,23,25). The highest BCUT2D eigenvalue weighted by atomic mass is 19.1. The molecule has 6 heteroatoms. The van der Waals surface area contributed by atoms with E-state index in [0.717, 1.165) is 11.3 Å². The van der Waals surface area contributed by atoms with Gasteiger partial charge >= 0.3 is 0 Å². The molecule has 2 N–H and O–H groups in total. The van der Waals surface area contributed by atoms with Gasteiger partial charge in [0.25, 0.3) is 5.91 Å². The Morgan fingerprint density at radius 1 is 1.12 bits per heavy atom. The lowest BCUT2D eigenvalue weighted by atomic mass is 10.2. The summed E-state index contributed by atoms with van der Waals surface area (Å²) in [6, 6.07) is 15.0. The van der Waals surface area contributed by atoms with Gasteiger partial charge in [0.15, 0.2) is 0 Å². The van der Waals surface area contributed by atoms with E-state index in [9.17, 15) is 9.18 Å². The molecule has 1 amide bonds. The number of hydrogen-bond donors (Lipinski definition) is 2. The van der Waals surface area contributed by atoms with Gasteiger partial charge in [0.2, 0.25) is 0 Å². The fraction of sp³-hybridized carbons (Fsp3) is 0.100. The number of benzene rings is 2. The van der Waals surface area contributed by atoms with Crippen LogP contribution in [-0.2, 0) is 0 Å². The lowest BCUT2D eigenvalue weighted by Gasteiger charge is -2.12. The van der Waals surface area contributed by atoms with Gasteiger partial charge in [-0.2, -0.15) is 0 Å². The van der Waals surface area contributed by atoms with Crippen molar-refractivity contribution < 1.29 is 13.9 Å². The number of halogens is 1. The number of aryl methyl sites for hydroxylation is 1. The first-order valence-corrected chi connectivity index (χ1v) is 8.00. The van der Waals surface area contributed by atoms with Crippen LogP contribution in [0.1, 0.15) is 15.9 Å². The summed E-state index contributed by atoms with van der Waals surface area (Å²) in [4.78, 5) is 16.4. The van der Waals surface area contributed by atoms with Gasteiger partial charge in [-0.3, -0.25) is 4.79 Å². The molecule has 0 fully saturated rings. The summed E-state index contributed by atoms with van der Waals surface area (Å²) >= 11 is 0. The van der Waals surface area contributed by atoms with Crippen LogP contribution >= 0.6 is 0 Å². The second-order valence-corrected chi connectivity index (χ2v) is 5.69. The summed E-state index contributed by atoms with van der Waals surface area (Å²) in [5.74, 6) is 0.209. The lowest BCUT2D eigenvalue weighted by Crippen LogP contribution is -2.13. The molecule has 1 aromatic heterocycles. The van der Waals surface area contributed by atoms with E-state index in [-0.39, 0.29) is 5.56 Å². The number of carbonyl (C=O) groups is 1. The molecule has 3 rings (SSSR count). The van der Waals surface area contributed by atoms with Crippen LogP contribution in [0.3, 0.4) is 0 Å². The summed E-state index contributed by atoms with van der Waals surface area (Å²) in [7, 11) is 1.60. The van der Waals surface area contributed by atoms with Crippen molar-refractivity contribution in [1.29, 1.82) is 0 Å². The Bertz CT molecular complexity index is 927. The topological polar surface area (TPSA) is 63.2 Å². The number of hydrogen-bond acceptors (Lipinski definition) is 4. The number of rotatable bonds is 5. The Kier molecular flexibility index (Phi) is 5.12. The molecule has 132 valence electrons. The lowest BCUT2D eigenvalue weighted by molar-refractivity contribution is 0.102. The highest BCUT2D eigenvalue weighted by Crippen LogP contribution is 2.28. The molecule has 0 saturated heterocycles. The number of amides is 1. The normalized spacial score (nSPS) is 10.3. The summed E-state index contributed by atoms with van der Waals surface area (Å²) < 4.78 is 19.0. The molecule has 0 aliphatic heterocycles. The summed E-state index contributed by atoms with van der Waals surface area (Å²) in [6.45, 7) is 1.99. The Balaban J connectivity index is 1.72. The van der Waals surface area contributed by atoms with Gasteiger partial charge in [-0.15, -0.1) is 0 Å². The number of nitrogens with one attached hydrogen (secondary N) is 2. The van der Waals surface area contributed by atoms with Gasteiger partial charge in [0.05, 0.1) is 30.2 Å². The predicted octanol–water partition coefficient (Wildman–Crippen LogP) is 4.53. The zero-order valence-corrected chi connectivity index (χ0v) is 14.4. The molecule has 0 aliphatic carbocycles. The first-order valence-electron chi connectivity index (χ1n) is 8.00. The molecule has 5 nitrogen and oxygen atoms in total. The minimum absolute atomic E-state index is 0.0146. The minimum Gasteiger partial charge on any atom is -0.495 e. The van der Waals surface area contributed by atoms with E-state index < -0.39 is 11.7 Å². The zero-order chi connectivity index (χ0) is 18.5. The monoisotopic (exact) mass is 351 g/mol. The summed E-state index contributed by atoms with van der Waals surface area (Å²) in [5.41, 5.74) is 2.34. The third-order valence-corrected chi connectivity index (χ3v) is 3.76. The third-order valence-electron chi connectivity index (χ3n) is 3.76. The molecule has 0 bridgehead atoms. The van der Waals surface area contributed by atoms with Crippen molar-refractivity contribution in [3.63, 3.8) is 0 Å². The summed E-state index contributed by atoms with van der Waals surface area (Å²) in [5, 5.41) is 5.80. The van der Waals surface area contributed by atoms with Gasteiger partial charge < -0.3 is 15.4 Å². The van der Waals surface area contributed by atoms with Crippen molar-refractivity contribution in [2.45, 2.75) is 6.92 Å². The Labute approximate surface area is 150 Å². The molecule has 26 heavy (non-hydrogen) atoms. The average Bonchev–Trinajstić information content (AvgIpc) is 2.64. The number of anilines is 3. The first kappa shape index (κ1) is 17.4. The molecular weight excluding hydrogens is 333 g/mol. The van der Waals surface area contributed by atoms with E-state index in [4.69, 9.17) is 4.74 Å². The van der Waals surface area contributed by atoms with Crippen LogP contribution in [0, 0.1) is 12.7 Å². The van der Waals surface area contributed by atoms with Gasteiger partial charge in [-0.05, 0) is 48.9 Å². The van der Waals surface area contributed by atoms with Crippen LogP contribution in [0.25, 0.3) is 0 Å². The van der Waals surface area contributed by atoms with Crippen LogP contribution in [0.2, 0.25) is 0 Å². The van der Waals surface area contributed by atoms with Crippen molar-refractivity contribution in [1.82, 2.24) is 4.98 Å². The van der Waals surface area contributed by atoms with Crippen LogP contribution in [-0.4, -0.2) is 18.0 Å². The van der Waals surface area contributed by atoms with Crippen LogP contribution in [0.15, 0.2) is 60.8 Å². The van der Waals surface area contributed by atoms with Crippen molar-refractivity contribution in [2.24, 2.45) is 0 Å². The molecule has 0 atom stereocenters. The third kappa shape index (κ3) is 3.97. The van der Waals surface area contributed by atoms with Gasteiger partial charge in [0, 0.05) is 0 Å². The molecule has 3 aromatic rings. The van der Waals surface area contributed by atoms with Crippen molar-refractivity contribution in [3.8, 4) is 5.75 Å². The Morgan fingerprint density at radius 3 is 2.62 bits per heavy atom. The maximum absolute atomic E-state index is 13.7. The first-order chi connectivity index (χ1) is 12.6. The maximum Gasteiger partial charge on any atom is 0.258 e.